The Balaban J connectivity index is 2.56. The van der Waals surface area contributed by atoms with E-state index in [1.54, 1.807) is 0 Å². The summed E-state index contributed by atoms with van der Waals surface area (Å²) in [6, 6.07) is 2.96. The van der Waals surface area contributed by atoms with Gasteiger partial charge in [-0.05, 0) is 25.8 Å². The van der Waals surface area contributed by atoms with E-state index in [1.807, 2.05) is 0 Å². The van der Waals surface area contributed by atoms with Crippen molar-refractivity contribution in [1.82, 2.24) is 10.6 Å². The Morgan fingerprint density at radius 2 is 1.60 bits per heavy atom. The second-order valence-electron chi connectivity index (χ2n) is 5.60. The summed E-state index contributed by atoms with van der Waals surface area (Å²) in [6.07, 6.45) is 0.149. The van der Waals surface area contributed by atoms with Crippen molar-refractivity contribution in [2.24, 2.45) is 11.5 Å². The van der Waals surface area contributed by atoms with E-state index >= 15 is 0 Å². The second-order valence-corrected chi connectivity index (χ2v) is 5.60. The van der Waals surface area contributed by atoms with Gasteiger partial charge >= 0.3 is 0 Å². The maximum Gasteiger partial charge on any atom is 0.269 e. The topological polar surface area (TPSA) is 170 Å². The van der Waals surface area contributed by atoms with Gasteiger partial charge in [-0.15, -0.1) is 0 Å². The number of nitrogens with zero attached hydrogens (tertiary/aromatic N) is 1. The molecule has 6 N–H and O–H groups in total. The lowest BCUT2D eigenvalue weighted by Crippen LogP contribution is -2.53. The van der Waals surface area contributed by atoms with Crippen LogP contribution in [0.4, 0.5) is 5.69 Å². The number of carbonyl (C=O) groups is 3. The van der Waals surface area contributed by atoms with E-state index < -0.39 is 40.8 Å². The van der Waals surface area contributed by atoms with Crippen LogP contribution >= 0.6 is 0 Å². The second kappa shape index (κ2) is 8.73. The van der Waals surface area contributed by atoms with Gasteiger partial charge in [0.05, 0.1) is 11.0 Å². The number of nitro benzene ring substituents is 1. The molecule has 0 spiro atoms. The zero-order valence-electron chi connectivity index (χ0n) is 13.9. The molecule has 1 aromatic rings. The molecule has 10 nitrogen and oxygen atoms in total. The van der Waals surface area contributed by atoms with Crippen molar-refractivity contribution in [3.8, 4) is 0 Å². The van der Waals surface area contributed by atoms with Crippen molar-refractivity contribution in [1.29, 1.82) is 0 Å². The fraction of sp³-hybridized carbons (Fsp3) is 0.400. The Hall–Kier alpha value is -3.01. The average molecular weight is 351 g/mol. The van der Waals surface area contributed by atoms with Crippen LogP contribution in [0.2, 0.25) is 0 Å². The van der Waals surface area contributed by atoms with Crippen molar-refractivity contribution in [2.45, 2.75) is 38.4 Å². The summed E-state index contributed by atoms with van der Waals surface area (Å²) in [7, 11) is 0. The highest BCUT2D eigenvalue weighted by Crippen LogP contribution is 2.12. The first-order valence-corrected chi connectivity index (χ1v) is 7.50. The summed E-state index contributed by atoms with van der Waals surface area (Å²) in [6.45, 7) is 2.87. The predicted octanol–water partition coefficient (Wildman–Crippen LogP) is -1.04. The molecule has 0 fully saturated rings. The van der Waals surface area contributed by atoms with Gasteiger partial charge in [-0.1, -0.05) is 12.1 Å². The van der Waals surface area contributed by atoms with E-state index in [-0.39, 0.29) is 12.1 Å². The van der Waals surface area contributed by atoms with Gasteiger partial charge in [0.15, 0.2) is 0 Å². The normalized spacial score (nSPS) is 14.0. The number of hydrogen-bond acceptors (Lipinski definition) is 6. The van der Waals surface area contributed by atoms with E-state index in [0.29, 0.717) is 5.56 Å². The van der Waals surface area contributed by atoms with Crippen LogP contribution in [0, 0.1) is 10.1 Å². The third-order valence-electron chi connectivity index (χ3n) is 3.48. The van der Waals surface area contributed by atoms with Gasteiger partial charge in [-0.3, -0.25) is 24.5 Å². The molecule has 1 aromatic carbocycles. The van der Waals surface area contributed by atoms with Gasteiger partial charge in [-0.25, -0.2) is 0 Å². The molecule has 0 aliphatic carbocycles. The lowest BCUT2D eigenvalue weighted by molar-refractivity contribution is -0.384. The van der Waals surface area contributed by atoms with Crippen molar-refractivity contribution in [3.63, 3.8) is 0 Å². The Kier molecular flexibility index (Phi) is 7.00. The Morgan fingerprint density at radius 3 is 2.08 bits per heavy atom. The molecule has 0 aliphatic heterocycles. The summed E-state index contributed by atoms with van der Waals surface area (Å²) in [5.74, 6) is -1.82. The molecule has 0 bridgehead atoms. The van der Waals surface area contributed by atoms with Gasteiger partial charge in [0, 0.05) is 12.1 Å². The van der Waals surface area contributed by atoms with Crippen LogP contribution in [0.1, 0.15) is 19.4 Å². The number of nitrogens with one attached hydrogen (secondary N) is 2. The fourth-order valence-corrected chi connectivity index (χ4v) is 1.90. The molecule has 0 saturated carbocycles. The van der Waals surface area contributed by atoms with Crippen molar-refractivity contribution >= 4 is 23.4 Å². The maximum atomic E-state index is 12.0. The Bertz CT molecular complexity index is 661. The van der Waals surface area contributed by atoms with E-state index in [9.17, 15) is 24.5 Å². The molecule has 0 saturated heterocycles. The predicted molar refractivity (Wildman–Crippen MR) is 89.2 cm³/mol. The monoisotopic (exact) mass is 351 g/mol. The van der Waals surface area contributed by atoms with Gasteiger partial charge in [0.1, 0.15) is 12.1 Å². The minimum atomic E-state index is -0.940. The number of primary amides is 1. The number of benzene rings is 1. The maximum absolute atomic E-state index is 12.0. The molecule has 25 heavy (non-hydrogen) atoms. The molecule has 0 aliphatic rings. The SMILES string of the molecule is C[C@H](NC(=O)[C@H](C)NC(=O)[C@@H](N)Cc1ccc([N+](=O)[O-])cc1)C(N)=O. The van der Waals surface area contributed by atoms with Crippen LogP contribution in [-0.4, -0.2) is 40.8 Å². The molecule has 0 heterocycles. The zero-order chi connectivity index (χ0) is 19.1. The zero-order valence-corrected chi connectivity index (χ0v) is 13.9. The highest BCUT2D eigenvalue weighted by Gasteiger charge is 2.22. The number of rotatable bonds is 8. The summed E-state index contributed by atoms with van der Waals surface area (Å²) in [5, 5.41) is 15.4. The number of non-ortho nitro benzene ring substituents is 1. The Morgan fingerprint density at radius 1 is 1.08 bits per heavy atom. The quantitative estimate of drug-likeness (QED) is 0.344. The molecule has 136 valence electrons. The third-order valence-corrected chi connectivity index (χ3v) is 3.48. The Labute approximate surface area is 144 Å². The summed E-state index contributed by atoms with van der Waals surface area (Å²) in [4.78, 5) is 44.9. The summed E-state index contributed by atoms with van der Waals surface area (Å²) < 4.78 is 0. The smallest absolute Gasteiger partial charge is 0.269 e. The van der Waals surface area contributed by atoms with Crippen LogP contribution in [-0.2, 0) is 20.8 Å². The van der Waals surface area contributed by atoms with Crippen molar-refractivity contribution in [2.75, 3.05) is 0 Å². The molecule has 3 amide bonds. The molecule has 10 heteroatoms. The molecular formula is C15H21N5O5. The highest BCUT2D eigenvalue weighted by molar-refractivity contribution is 5.92. The molecule has 0 aromatic heterocycles. The van der Waals surface area contributed by atoms with Crippen LogP contribution in [0.3, 0.4) is 0 Å². The van der Waals surface area contributed by atoms with Gasteiger partial charge in [-0.2, -0.15) is 0 Å². The molecule has 1 rings (SSSR count). The van der Waals surface area contributed by atoms with E-state index in [2.05, 4.69) is 10.6 Å². The van der Waals surface area contributed by atoms with E-state index in [0.717, 1.165) is 0 Å². The lowest BCUT2D eigenvalue weighted by Gasteiger charge is -2.19. The van der Waals surface area contributed by atoms with Gasteiger partial charge < -0.3 is 22.1 Å². The minimum Gasteiger partial charge on any atom is -0.368 e. The average Bonchev–Trinajstić information content (AvgIpc) is 2.54. The van der Waals surface area contributed by atoms with Crippen LogP contribution < -0.4 is 22.1 Å². The van der Waals surface area contributed by atoms with Crippen LogP contribution in [0.25, 0.3) is 0 Å². The minimum absolute atomic E-state index is 0.0596. The standard InChI is InChI=1S/C15H21N5O5/c1-8(13(17)21)18-14(22)9(2)19-15(23)12(16)7-10-3-5-11(6-4-10)20(24)25/h3-6,8-9,12H,7,16H2,1-2H3,(H2,17,21)(H,18,22)(H,19,23)/t8-,9-,12-/m0/s1. The van der Waals surface area contributed by atoms with Crippen molar-refractivity contribution < 1.29 is 19.3 Å². The number of hydrogen-bond donors (Lipinski definition) is 4. The number of amides is 3. The lowest BCUT2D eigenvalue weighted by atomic mass is 10.1. The highest BCUT2D eigenvalue weighted by atomic mass is 16.6. The van der Waals surface area contributed by atoms with E-state index in [1.165, 1.54) is 38.1 Å². The largest absolute Gasteiger partial charge is 0.368 e. The summed E-state index contributed by atoms with van der Waals surface area (Å²) in [5.41, 5.74) is 11.4. The van der Waals surface area contributed by atoms with Crippen LogP contribution in [0.5, 0.6) is 0 Å². The van der Waals surface area contributed by atoms with Crippen molar-refractivity contribution in [3.05, 3.63) is 39.9 Å². The van der Waals surface area contributed by atoms with Gasteiger partial charge in [0.25, 0.3) is 5.69 Å². The molecular weight excluding hydrogens is 330 g/mol. The van der Waals surface area contributed by atoms with Crippen LogP contribution in [0.15, 0.2) is 24.3 Å². The molecule has 0 radical (unpaired) electrons. The fourth-order valence-electron chi connectivity index (χ4n) is 1.90. The summed E-state index contributed by atoms with van der Waals surface area (Å²) >= 11 is 0. The first kappa shape index (κ1) is 20.0. The molecule has 0 unspecified atom stereocenters. The molecule has 3 atom stereocenters. The third kappa shape index (κ3) is 6.18. The first-order valence-electron chi connectivity index (χ1n) is 7.50. The van der Waals surface area contributed by atoms with Gasteiger partial charge in [0.2, 0.25) is 17.7 Å². The first-order chi connectivity index (χ1) is 11.6. The number of nitrogens with two attached hydrogens (primary N) is 2. The number of carbonyl (C=O) groups excluding carboxylic acids is 3. The van der Waals surface area contributed by atoms with E-state index in [4.69, 9.17) is 11.5 Å². The number of nitro groups is 1.